The van der Waals surface area contributed by atoms with Crippen LogP contribution >= 0.6 is 0 Å². The third kappa shape index (κ3) is 5.71. The van der Waals surface area contributed by atoms with Gasteiger partial charge < -0.3 is 25.4 Å². The summed E-state index contributed by atoms with van der Waals surface area (Å²) in [5.74, 6) is 0.399. The van der Waals surface area contributed by atoms with Crippen molar-refractivity contribution in [3.8, 4) is 5.75 Å². The van der Waals surface area contributed by atoms with Crippen molar-refractivity contribution in [3.05, 3.63) is 29.8 Å². The summed E-state index contributed by atoms with van der Waals surface area (Å²) < 4.78 is 5.49. The third-order valence-electron chi connectivity index (χ3n) is 3.15. The summed E-state index contributed by atoms with van der Waals surface area (Å²) >= 11 is 0. The van der Waals surface area contributed by atoms with Crippen LogP contribution in [0.15, 0.2) is 24.3 Å². The van der Waals surface area contributed by atoms with Gasteiger partial charge in [-0.15, -0.1) is 0 Å². The van der Waals surface area contributed by atoms with Gasteiger partial charge in [-0.1, -0.05) is 17.7 Å². The van der Waals surface area contributed by atoms with Gasteiger partial charge >= 0.3 is 0 Å². The Labute approximate surface area is 124 Å². The molecule has 0 unspecified atom stereocenters. The van der Waals surface area contributed by atoms with E-state index in [2.05, 4.69) is 5.32 Å². The van der Waals surface area contributed by atoms with Crippen molar-refractivity contribution in [2.24, 2.45) is 0 Å². The molecule has 0 fully saturated rings. The van der Waals surface area contributed by atoms with E-state index in [0.717, 1.165) is 11.3 Å². The summed E-state index contributed by atoms with van der Waals surface area (Å²) in [6.07, 6.45) is 0.686. The molecular formula is C15H23NO5. The fraction of sp³-hybridized carbons (Fsp3) is 0.533. The zero-order valence-electron chi connectivity index (χ0n) is 12.2. The summed E-state index contributed by atoms with van der Waals surface area (Å²) in [6, 6.07) is 7.62. The molecule has 0 aliphatic rings. The molecule has 0 saturated heterocycles. The minimum atomic E-state index is -1.37. The quantitative estimate of drug-likeness (QED) is 0.480. The zero-order chi connectivity index (χ0) is 15.7. The van der Waals surface area contributed by atoms with Crippen LogP contribution < -0.4 is 10.1 Å². The van der Waals surface area contributed by atoms with Gasteiger partial charge in [0.05, 0.1) is 26.4 Å². The highest BCUT2D eigenvalue weighted by Crippen LogP contribution is 2.12. The molecule has 21 heavy (non-hydrogen) atoms. The Bertz CT molecular complexity index is 420. The molecule has 0 heterocycles. The van der Waals surface area contributed by atoms with E-state index in [0.29, 0.717) is 13.0 Å². The van der Waals surface area contributed by atoms with Gasteiger partial charge in [0, 0.05) is 6.42 Å². The van der Waals surface area contributed by atoms with Gasteiger partial charge in [-0.25, -0.2) is 0 Å². The van der Waals surface area contributed by atoms with E-state index < -0.39 is 25.4 Å². The number of benzene rings is 1. The number of rotatable bonds is 9. The first-order valence-corrected chi connectivity index (χ1v) is 6.88. The number of carbonyl (C=O) groups is 1. The Morgan fingerprint density at radius 3 is 2.24 bits per heavy atom. The molecule has 0 bridgehead atoms. The summed E-state index contributed by atoms with van der Waals surface area (Å²) in [7, 11) is 0. The van der Waals surface area contributed by atoms with E-state index in [9.17, 15) is 4.79 Å². The van der Waals surface area contributed by atoms with Crippen LogP contribution in [0.5, 0.6) is 5.75 Å². The van der Waals surface area contributed by atoms with Gasteiger partial charge in [-0.05, 0) is 25.5 Å². The average Bonchev–Trinajstić information content (AvgIpc) is 2.51. The zero-order valence-corrected chi connectivity index (χ0v) is 12.2. The predicted molar refractivity (Wildman–Crippen MR) is 78.0 cm³/mol. The van der Waals surface area contributed by atoms with Crippen LogP contribution in [0.25, 0.3) is 0 Å². The first-order chi connectivity index (χ1) is 10.0. The molecule has 1 aromatic rings. The SMILES string of the molecule is Cc1ccc(OCCCC(=O)NC(CO)(CO)CO)cc1. The van der Waals surface area contributed by atoms with Crippen molar-refractivity contribution in [2.75, 3.05) is 26.4 Å². The molecule has 0 radical (unpaired) electrons. The highest BCUT2D eigenvalue weighted by atomic mass is 16.5. The standard InChI is InChI=1S/C15H23NO5/c1-12-4-6-13(7-5-12)21-8-2-3-14(20)16-15(9-17,10-18)11-19/h4-7,17-19H,2-3,8-11H2,1H3,(H,16,20). The lowest BCUT2D eigenvalue weighted by Gasteiger charge is -2.28. The number of aliphatic hydroxyl groups excluding tert-OH is 3. The molecule has 0 aliphatic carbocycles. The monoisotopic (exact) mass is 297 g/mol. The Morgan fingerprint density at radius 2 is 1.71 bits per heavy atom. The lowest BCUT2D eigenvalue weighted by atomic mass is 10.0. The van der Waals surface area contributed by atoms with Crippen LogP contribution in [0.2, 0.25) is 0 Å². The molecule has 1 rings (SSSR count). The predicted octanol–water partition coefficient (Wildman–Crippen LogP) is -0.0141. The molecule has 0 saturated carbocycles. The van der Waals surface area contributed by atoms with Crippen LogP contribution in [-0.4, -0.2) is 53.2 Å². The number of carbonyl (C=O) groups excluding carboxylic acids is 1. The van der Waals surface area contributed by atoms with Crippen molar-refractivity contribution >= 4 is 5.91 Å². The largest absolute Gasteiger partial charge is 0.494 e. The average molecular weight is 297 g/mol. The van der Waals surface area contributed by atoms with Crippen LogP contribution in [0.1, 0.15) is 18.4 Å². The van der Waals surface area contributed by atoms with E-state index in [1.165, 1.54) is 0 Å². The number of ether oxygens (including phenoxy) is 1. The first kappa shape index (κ1) is 17.4. The molecule has 0 aromatic heterocycles. The summed E-state index contributed by atoms with van der Waals surface area (Å²) in [4.78, 5) is 11.7. The normalized spacial score (nSPS) is 11.2. The van der Waals surface area contributed by atoms with E-state index in [1.807, 2.05) is 31.2 Å². The van der Waals surface area contributed by atoms with Crippen molar-refractivity contribution < 1.29 is 24.9 Å². The molecule has 1 aromatic carbocycles. The van der Waals surface area contributed by atoms with E-state index in [1.54, 1.807) is 0 Å². The minimum absolute atomic E-state index is 0.188. The second-order valence-corrected chi connectivity index (χ2v) is 5.07. The maximum absolute atomic E-state index is 11.7. The highest BCUT2D eigenvalue weighted by molar-refractivity contribution is 5.76. The maximum atomic E-state index is 11.7. The molecule has 0 atom stereocenters. The van der Waals surface area contributed by atoms with Crippen LogP contribution in [0, 0.1) is 6.92 Å². The lowest BCUT2D eigenvalue weighted by molar-refractivity contribution is -0.125. The second kappa shape index (κ2) is 8.61. The number of aryl methyl sites for hydroxylation is 1. The van der Waals surface area contributed by atoms with Crippen molar-refractivity contribution in [2.45, 2.75) is 25.3 Å². The second-order valence-electron chi connectivity index (χ2n) is 5.07. The number of nitrogens with one attached hydrogen (secondary N) is 1. The van der Waals surface area contributed by atoms with Gasteiger partial charge in [-0.3, -0.25) is 4.79 Å². The first-order valence-electron chi connectivity index (χ1n) is 6.88. The Balaban J connectivity index is 2.28. The van der Waals surface area contributed by atoms with Crippen molar-refractivity contribution in [3.63, 3.8) is 0 Å². The molecule has 6 nitrogen and oxygen atoms in total. The third-order valence-corrected chi connectivity index (χ3v) is 3.15. The van der Waals surface area contributed by atoms with Gasteiger partial charge in [0.2, 0.25) is 5.91 Å². The molecule has 0 spiro atoms. The van der Waals surface area contributed by atoms with Gasteiger partial charge in [-0.2, -0.15) is 0 Å². The molecule has 0 aliphatic heterocycles. The maximum Gasteiger partial charge on any atom is 0.220 e. The van der Waals surface area contributed by atoms with E-state index in [-0.39, 0.29) is 12.3 Å². The fourth-order valence-corrected chi connectivity index (χ4v) is 1.68. The molecule has 1 amide bonds. The Morgan fingerprint density at radius 1 is 1.14 bits per heavy atom. The fourth-order valence-electron chi connectivity index (χ4n) is 1.68. The number of aliphatic hydroxyl groups is 3. The Kier molecular flexibility index (Phi) is 7.14. The molecule has 4 N–H and O–H groups in total. The van der Waals surface area contributed by atoms with E-state index >= 15 is 0 Å². The Hall–Kier alpha value is -1.63. The number of hydrogen-bond acceptors (Lipinski definition) is 5. The highest BCUT2D eigenvalue weighted by Gasteiger charge is 2.29. The van der Waals surface area contributed by atoms with Crippen LogP contribution in [0.3, 0.4) is 0 Å². The van der Waals surface area contributed by atoms with Gasteiger partial charge in [0.25, 0.3) is 0 Å². The topological polar surface area (TPSA) is 99.0 Å². The van der Waals surface area contributed by atoms with Gasteiger partial charge in [0.15, 0.2) is 0 Å². The number of hydrogen-bond donors (Lipinski definition) is 4. The lowest BCUT2D eigenvalue weighted by Crippen LogP contribution is -2.57. The molecule has 118 valence electrons. The van der Waals surface area contributed by atoms with Crippen molar-refractivity contribution in [1.82, 2.24) is 5.32 Å². The summed E-state index contributed by atoms with van der Waals surface area (Å²) in [5, 5.41) is 29.8. The molecule has 6 heteroatoms. The summed E-state index contributed by atoms with van der Waals surface area (Å²) in [6.45, 7) is 0.813. The summed E-state index contributed by atoms with van der Waals surface area (Å²) in [5.41, 5.74) is -0.218. The number of amides is 1. The van der Waals surface area contributed by atoms with Crippen molar-refractivity contribution in [1.29, 1.82) is 0 Å². The minimum Gasteiger partial charge on any atom is -0.494 e. The smallest absolute Gasteiger partial charge is 0.220 e. The van der Waals surface area contributed by atoms with Gasteiger partial charge in [0.1, 0.15) is 11.3 Å². The van der Waals surface area contributed by atoms with E-state index in [4.69, 9.17) is 20.1 Å². The molecular weight excluding hydrogens is 274 g/mol. The van der Waals surface area contributed by atoms with Crippen LogP contribution in [-0.2, 0) is 4.79 Å². The van der Waals surface area contributed by atoms with Crippen LogP contribution in [0.4, 0.5) is 0 Å².